The van der Waals surface area contributed by atoms with Crippen LogP contribution >= 0.6 is 11.8 Å². The fourth-order valence-electron chi connectivity index (χ4n) is 3.12. The Morgan fingerprint density at radius 3 is 2.35 bits per heavy atom. The molecule has 0 aliphatic carbocycles. The van der Waals surface area contributed by atoms with Gasteiger partial charge in [-0.25, -0.2) is 5.01 Å². The van der Waals surface area contributed by atoms with Crippen molar-refractivity contribution in [2.45, 2.75) is 58.8 Å². The first-order chi connectivity index (χ1) is 12.1. The molecule has 0 spiro atoms. The number of carbonyl (C=O) groups is 2. The second-order valence-corrected chi connectivity index (χ2v) is 8.40. The third-order valence-corrected chi connectivity index (χ3v) is 5.35. The smallest absolute Gasteiger partial charge is 0.241 e. The van der Waals surface area contributed by atoms with Crippen molar-refractivity contribution in [1.29, 1.82) is 0 Å². The number of rotatable bonds is 4. The van der Waals surface area contributed by atoms with Crippen molar-refractivity contribution in [3.05, 3.63) is 47.0 Å². The normalized spacial score (nSPS) is 20.4. The first-order valence-corrected chi connectivity index (χ1v) is 9.53. The van der Waals surface area contributed by atoms with Crippen LogP contribution in [0.3, 0.4) is 0 Å². The molecule has 2 rings (SSSR count). The zero-order valence-electron chi connectivity index (χ0n) is 16.3. The molecule has 0 radical (unpaired) electrons. The summed E-state index contributed by atoms with van der Waals surface area (Å²) in [4.78, 5) is 23.1. The van der Waals surface area contributed by atoms with Crippen LogP contribution in [0.1, 0.15) is 58.1 Å². The molecule has 0 bridgehead atoms. The summed E-state index contributed by atoms with van der Waals surface area (Å²) in [5.41, 5.74) is 3.53. The molecule has 1 N–H and O–H groups in total. The quantitative estimate of drug-likeness (QED) is 0.807. The van der Waals surface area contributed by atoms with Crippen LogP contribution in [0.15, 0.2) is 41.0 Å². The first kappa shape index (κ1) is 20.2. The maximum Gasteiger partial charge on any atom is 0.241 e. The van der Waals surface area contributed by atoms with Crippen LogP contribution in [-0.2, 0) is 9.59 Å². The number of nitrogens with zero attached hydrogens (tertiary/aromatic N) is 2. The van der Waals surface area contributed by atoms with E-state index in [1.165, 1.54) is 41.7 Å². The van der Waals surface area contributed by atoms with Crippen molar-refractivity contribution in [2.24, 2.45) is 5.10 Å². The molecule has 2 unspecified atom stereocenters. The van der Waals surface area contributed by atoms with E-state index in [-0.39, 0.29) is 17.7 Å². The van der Waals surface area contributed by atoms with Crippen molar-refractivity contribution in [3.63, 3.8) is 0 Å². The van der Waals surface area contributed by atoms with Crippen molar-refractivity contribution in [3.8, 4) is 0 Å². The molecular weight excluding hydrogens is 346 g/mol. The van der Waals surface area contributed by atoms with E-state index < -0.39 is 4.87 Å². The van der Waals surface area contributed by atoms with E-state index in [2.05, 4.69) is 54.6 Å². The van der Waals surface area contributed by atoms with E-state index in [4.69, 9.17) is 0 Å². The highest BCUT2D eigenvalue weighted by atomic mass is 32.2. The van der Waals surface area contributed by atoms with Gasteiger partial charge in [-0.05, 0) is 44.7 Å². The van der Waals surface area contributed by atoms with Crippen LogP contribution in [0.25, 0.3) is 0 Å². The van der Waals surface area contributed by atoms with Crippen LogP contribution in [0.2, 0.25) is 0 Å². The third kappa shape index (κ3) is 4.75. The number of aryl methyl sites for hydroxylation is 1. The highest BCUT2D eigenvalue weighted by molar-refractivity contribution is 8.15. The van der Waals surface area contributed by atoms with Gasteiger partial charge < -0.3 is 5.32 Å². The Labute approximate surface area is 159 Å². The van der Waals surface area contributed by atoms with Gasteiger partial charge in [0, 0.05) is 13.8 Å². The third-order valence-electron chi connectivity index (χ3n) is 4.16. The van der Waals surface area contributed by atoms with E-state index in [9.17, 15) is 9.59 Å². The number of amides is 2. The minimum atomic E-state index is -0.646. The second kappa shape index (κ2) is 8.08. The second-order valence-electron chi connectivity index (χ2n) is 7.10. The lowest BCUT2D eigenvalue weighted by molar-refractivity contribution is -0.131. The lowest BCUT2D eigenvalue weighted by Gasteiger charge is -2.34. The maximum absolute atomic E-state index is 12.3. The van der Waals surface area contributed by atoms with Gasteiger partial charge in [-0.3, -0.25) is 9.59 Å². The number of hydrogen-bond acceptors (Lipinski definition) is 4. The van der Waals surface area contributed by atoms with E-state index in [0.717, 1.165) is 5.57 Å². The number of amidine groups is 1. The molecule has 140 valence electrons. The van der Waals surface area contributed by atoms with Crippen LogP contribution in [0.4, 0.5) is 0 Å². The molecule has 0 saturated heterocycles. The molecule has 2 amide bonds. The highest BCUT2D eigenvalue weighted by Crippen LogP contribution is 2.45. The molecule has 1 aliphatic rings. The van der Waals surface area contributed by atoms with Crippen molar-refractivity contribution in [1.82, 2.24) is 10.3 Å². The number of nitrogens with one attached hydrogen (secondary N) is 1. The van der Waals surface area contributed by atoms with Crippen molar-refractivity contribution in [2.75, 3.05) is 0 Å². The fourth-order valence-corrected chi connectivity index (χ4v) is 4.66. The van der Waals surface area contributed by atoms with Gasteiger partial charge in [0.15, 0.2) is 5.17 Å². The van der Waals surface area contributed by atoms with E-state index in [1.807, 2.05) is 13.8 Å². The van der Waals surface area contributed by atoms with E-state index >= 15 is 0 Å². The standard InChI is InChI=1S/C20H27N3O2S/c1-13(2)11-20(12-15(4)18-9-7-14(3)8-10-18)23(17(6)25)22-19(26-20)21-16(5)24/h7-11,15H,12H2,1-6H3,(H,21,22,24). The molecule has 2 atom stereocenters. The van der Waals surface area contributed by atoms with Crippen molar-refractivity contribution < 1.29 is 9.59 Å². The summed E-state index contributed by atoms with van der Waals surface area (Å²) < 4.78 is 0. The molecule has 1 heterocycles. The molecular formula is C20H27N3O2S. The molecule has 1 aliphatic heterocycles. The fraction of sp³-hybridized carbons (Fsp3) is 0.450. The molecule has 0 saturated carbocycles. The minimum Gasteiger partial charge on any atom is -0.304 e. The number of hydrogen-bond donors (Lipinski definition) is 1. The van der Waals surface area contributed by atoms with E-state index in [0.29, 0.717) is 11.6 Å². The number of allylic oxidation sites excluding steroid dienone is 1. The molecule has 5 nitrogen and oxygen atoms in total. The van der Waals surface area contributed by atoms with Crippen molar-refractivity contribution >= 4 is 28.7 Å². The van der Waals surface area contributed by atoms with Crippen LogP contribution < -0.4 is 5.32 Å². The molecule has 6 heteroatoms. The highest BCUT2D eigenvalue weighted by Gasteiger charge is 2.45. The van der Waals surface area contributed by atoms with Gasteiger partial charge in [0.25, 0.3) is 0 Å². The Bertz CT molecular complexity index is 751. The van der Waals surface area contributed by atoms with Crippen LogP contribution in [-0.4, -0.2) is 26.9 Å². The van der Waals surface area contributed by atoms with Gasteiger partial charge in [-0.15, -0.1) is 5.10 Å². The summed E-state index contributed by atoms with van der Waals surface area (Å²) in [6, 6.07) is 8.46. The van der Waals surface area contributed by atoms with Crippen LogP contribution in [0, 0.1) is 6.92 Å². The van der Waals surface area contributed by atoms with Gasteiger partial charge in [-0.2, -0.15) is 0 Å². The Balaban J connectivity index is 2.38. The maximum atomic E-state index is 12.3. The largest absolute Gasteiger partial charge is 0.304 e. The summed E-state index contributed by atoms with van der Waals surface area (Å²) >= 11 is 1.42. The predicted molar refractivity (Wildman–Crippen MR) is 108 cm³/mol. The Kier molecular flexibility index (Phi) is 6.29. The number of benzene rings is 1. The first-order valence-electron chi connectivity index (χ1n) is 8.71. The van der Waals surface area contributed by atoms with Gasteiger partial charge in [0.05, 0.1) is 0 Å². The average Bonchev–Trinajstić information content (AvgIpc) is 2.84. The van der Waals surface area contributed by atoms with Crippen LogP contribution in [0.5, 0.6) is 0 Å². The Morgan fingerprint density at radius 2 is 1.85 bits per heavy atom. The molecule has 1 aromatic carbocycles. The lowest BCUT2D eigenvalue weighted by atomic mass is 9.91. The summed E-state index contributed by atoms with van der Waals surface area (Å²) in [6.07, 6.45) is 2.76. The molecule has 26 heavy (non-hydrogen) atoms. The zero-order valence-corrected chi connectivity index (χ0v) is 17.1. The molecule has 1 aromatic rings. The van der Waals surface area contributed by atoms with Gasteiger partial charge in [0.2, 0.25) is 11.8 Å². The Hall–Kier alpha value is -2.08. The summed E-state index contributed by atoms with van der Waals surface area (Å²) in [6.45, 7) is 11.2. The number of carbonyl (C=O) groups excluding carboxylic acids is 2. The molecule has 0 aromatic heterocycles. The number of hydrazone groups is 1. The zero-order chi connectivity index (χ0) is 19.5. The summed E-state index contributed by atoms with van der Waals surface area (Å²) in [5, 5.41) is 9.07. The monoisotopic (exact) mass is 373 g/mol. The predicted octanol–water partition coefficient (Wildman–Crippen LogP) is 4.15. The van der Waals surface area contributed by atoms with Gasteiger partial charge in [0.1, 0.15) is 4.87 Å². The Morgan fingerprint density at radius 1 is 1.23 bits per heavy atom. The average molecular weight is 374 g/mol. The van der Waals surface area contributed by atoms with Gasteiger partial charge in [-0.1, -0.05) is 54.1 Å². The number of thioether (sulfide) groups is 1. The minimum absolute atomic E-state index is 0.147. The topological polar surface area (TPSA) is 61.8 Å². The SMILES string of the molecule is CC(=O)NC1=NN(C(C)=O)C(C=C(C)C)(CC(C)c2ccc(C)cc2)S1. The summed E-state index contributed by atoms with van der Waals surface area (Å²) in [7, 11) is 0. The lowest BCUT2D eigenvalue weighted by Crippen LogP contribution is -2.42. The summed E-state index contributed by atoms with van der Waals surface area (Å²) in [5.74, 6) is -0.127. The van der Waals surface area contributed by atoms with E-state index in [1.54, 1.807) is 0 Å². The molecule has 0 fully saturated rings. The van der Waals surface area contributed by atoms with Gasteiger partial charge >= 0.3 is 0 Å².